The minimum absolute atomic E-state index is 0.0647. The van der Waals surface area contributed by atoms with Crippen LogP contribution in [-0.4, -0.2) is 51.5 Å². The van der Waals surface area contributed by atoms with Crippen molar-refractivity contribution < 1.29 is 19.2 Å². The number of Topliss-reactive ketones (excluding diaryl/α,β-unsaturated/α-hetero) is 1. The number of nitrogens with two attached hydrogens (primary N) is 1. The van der Waals surface area contributed by atoms with E-state index >= 15 is 0 Å². The van der Waals surface area contributed by atoms with Crippen molar-refractivity contribution in [3.8, 4) is 0 Å². The van der Waals surface area contributed by atoms with Crippen LogP contribution in [0.25, 0.3) is 0 Å². The highest BCUT2D eigenvalue weighted by molar-refractivity contribution is 14.1. The molecule has 0 saturated heterocycles. The molecule has 7 nitrogen and oxygen atoms in total. The van der Waals surface area contributed by atoms with E-state index in [4.69, 9.17) is 5.73 Å². The van der Waals surface area contributed by atoms with Crippen LogP contribution in [0.4, 0.5) is 0 Å². The van der Waals surface area contributed by atoms with Crippen LogP contribution in [0, 0.1) is 5.92 Å². The van der Waals surface area contributed by atoms with Gasteiger partial charge in [0.1, 0.15) is 11.8 Å². The van der Waals surface area contributed by atoms with E-state index in [2.05, 4.69) is 10.6 Å². The summed E-state index contributed by atoms with van der Waals surface area (Å²) in [5, 5.41) is 5.33. The summed E-state index contributed by atoms with van der Waals surface area (Å²) in [4.78, 5) is 46.0. The Morgan fingerprint density at radius 1 is 1.21 bits per heavy atom. The number of thioether (sulfide) groups is 1. The van der Waals surface area contributed by atoms with Crippen LogP contribution in [0.5, 0.6) is 0 Å². The zero-order valence-electron chi connectivity index (χ0n) is 14.3. The molecule has 0 aromatic heterocycles. The van der Waals surface area contributed by atoms with Crippen LogP contribution in [-0.2, 0) is 19.2 Å². The van der Waals surface area contributed by atoms with Gasteiger partial charge in [0.05, 0.1) is 11.8 Å². The van der Waals surface area contributed by atoms with Gasteiger partial charge in [-0.05, 0) is 12.8 Å². The van der Waals surface area contributed by atoms with E-state index in [1.165, 1.54) is 18.7 Å². The van der Waals surface area contributed by atoms with E-state index in [9.17, 15) is 19.2 Å². The molecule has 4 N–H and O–H groups in total. The van der Waals surface area contributed by atoms with Gasteiger partial charge in [-0.15, -0.1) is 11.8 Å². The summed E-state index contributed by atoms with van der Waals surface area (Å²) in [5.41, 5.74) is 5.57. The van der Waals surface area contributed by atoms with Crippen LogP contribution in [0.2, 0.25) is 0 Å². The number of nitrogens with one attached hydrogen (secondary N) is 2. The van der Waals surface area contributed by atoms with Crippen molar-refractivity contribution in [3.05, 3.63) is 0 Å². The molecule has 0 aliphatic rings. The summed E-state index contributed by atoms with van der Waals surface area (Å²) in [6.07, 6.45) is 0.899. The standard InChI is InChI=1S/C15H26IN3O4S/c1-4-9(2)14(15(16)23)19-12(21)5-6-18-13(22)8-24-7-11(17)10(3)20/h9,11,14H,4-8,17H2,1-3H3,(H,18,22)(H,19,21)/t9-,11-,14-/m0/s1. The van der Waals surface area contributed by atoms with Crippen LogP contribution in [0.3, 0.4) is 0 Å². The predicted octanol–water partition coefficient (Wildman–Crippen LogP) is 0.635. The van der Waals surface area contributed by atoms with Gasteiger partial charge in [-0.2, -0.15) is 0 Å². The number of hydrogen-bond donors (Lipinski definition) is 3. The lowest BCUT2D eigenvalue weighted by atomic mass is 10.0. The van der Waals surface area contributed by atoms with Gasteiger partial charge < -0.3 is 16.4 Å². The van der Waals surface area contributed by atoms with Crippen molar-refractivity contribution in [1.29, 1.82) is 0 Å². The molecule has 0 radical (unpaired) electrons. The van der Waals surface area contributed by atoms with E-state index in [0.29, 0.717) is 5.75 Å². The summed E-state index contributed by atoms with van der Waals surface area (Å²) < 4.78 is -0.0995. The molecule has 0 spiro atoms. The van der Waals surface area contributed by atoms with E-state index in [1.807, 2.05) is 13.8 Å². The van der Waals surface area contributed by atoms with Gasteiger partial charge in [-0.25, -0.2) is 0 Å². The maximum Gasteiger partial charge on any atom is 0.230 e. The zero-order valence-corrected chi connectivity index (χ0v) is 17.2. The molecule has 2 amide bonds. The van der Waals surface area contributed by atoms with E-state index in [-0.39, 0.29) is 46.0 Å². The van der Waals surface area contributed by atoms with Gasteiger partial charge in [0.25, 0.3) is 0 Å². The molecule has 0 aliphatic carbocycles. The Bertz CT molecular complexity index is 462. The molecule has 0 aromatic carbocycles. The third kappa shape index (κ3) is 10.2. The zero-order chi connectivity index (χ0) is 18.7. The van der Waals surface area contributed by atoms with Gasteiger partial charge in [-0.1, -0.05) is 20.3 Å². The molecule has 0 heterocycles. The number of carbonyl (C=O) groups excluding carboxylic acids is 4. The molecule has 138 valence electrons. The lowest BCUT2D eigenvalue weighted by Crippen LogP contribution is -2.44. The molecule has 0 fully saturated rings. The number of amides is 2. The predicted molar refractivity (Wildman–Crippen MR) is 104 cm³/mol. The minimum Gasteiger partial charge on any atom is -0.355 e. The third-order valence-electron chi connectivity index (χ3n) is 3.50. The maximum atomic E-state index is 11.9. The fourth-order valence-corrected chi connectivity index (χ4v) is 3.33. The molecular formula is C15H26IN3O4S. The first-order chi connectivity index (χ1) is 11.2. The first-order valence-electron chi connectivity index (χ1n) is 7.78. The fraction of sp³-hybridized carbons (Fsp3) is 0.733. The molecule has 0 bridgehead atoms. The molecule has 3 atom stereocenters. The number of rotatable bonds is 12. The molecule has 0 unspecified atom stereocenters. The van der Waals surface area contributed by atoms with Gasteiger partial charge >= 0.3 is 0 Å². The quantitative estimate of drug-likeness (QED) is 0.284. The number of hydrogen-bond acceptors (Lipinski definition) is 6. The Morgan fingerprint density at radius 3 is 2.33 bits per heavy atom. The smallest absolute Gasteiger partial charge is 0.230 e. The summed E-state index contributed by atoms with van der Waals surface area (Å²) in [6, 6.07) is -1.06. The number of carbonyl (C=O) groups is 4. The fourth-order valence-electron chi connectivity index (χ4n) is 1.67. The molecular weight excluding hydrogens is 445 g/mol. The highest BCUT2D eigenvalue weighted by Gasteiger charge is 2.23. The van der Waals surface area contributed by atoms with Crippen molar-refractivity contribution in [1.82, 2.24) is 10.6 Å². The second-order valence-electron chi connectivity index (χ2n) is 5.57. The largest absolute Gasteiger partial charge is 0.355 e. The van der Waals surface area contributed by atoms with Crippen molar-refractivity contribution in [3.63, 3.8) is 0 Å². The summed E-state index contributed by atoms with van der Waals surface area (Å²) in [5.74, 6) is 0.0426. The Kier molecular flexibility index (Phi) is 12.3. The lowest BCUT2D eigenvalue weighted by Gasteiger charge is -2.20. The SMILES string of the molecule is CC[C@H](C)[C@H](NC(=O)CCNC(=O)CSC[C@H](N)C(C)=O)C(=O)I. The Labute approximate surface area is 160 Å². The second-order valence-corrected chi connectivity index (χ2v) is 7.66. The number of ketones is 1. The molecule has 0 saturated carbocycles. The first kappa shape index (κ1) is 23.3. The Balaban J connectivity index is 4.00. The van der Waals surface area contributed by atoms with Crippen molar-refractivity contribution in [2.45, 2.75) is 45.7 Å². The van der Waals surface area contributed by atoms with Crippen molar-refractivity contribution >= 4 is 55.7 Å². The van der Waals surface area contributed by atoms with E-state index in [1.54, 1.807) is 22.6 Å². The molecule has 0 aromatic rings. The average molecular weight is 471 g/mol. The lowest BCUT2D eigenvalue weighted by molar-refractivity contribution is -0.125. The summed E-state index contributed by atoms with van der Waals surface area (Å²) in [7, 11) is 0. The van der Waals surface area contributed by atoms with E-state index in [0.717, 1.165) is 6.42 Å². The van der Waals surface area contributed by atoms with Gasteiger partial charge in [0.15, 0.2) is 0 Å². The Morgan fingerprint density at radius 2 is 1.83 bits per heavy atom. The van der Waals surface area contributed by atoms with Crippen molar-refractivity contribution in [2.75, 3.05) is 18.1 Å². The number of halogens is 1. The van der Waals surface area contributed by atoms with Crippen LogP contribution < -0.4 is 16.4 Å². The molecule has 9 heteroatoms. The van der Waals surface area contributed by atoms with Crippen LogP contribution in [0.15, 0.2) is 0 Å². The van der Waals surface area contributed by atoms with Gasteiger partial charge in [0, 0.05) is 41.3 Å². The first-order valence-corrected chi connectivity index (χ1v) is 10.0. The highest BCUT2D eigenvalue weighted by Crippen LogP contribution is 2.12. The normalized spacial score (nSPS) is 14.4. The van der Waals surface area contributed by atoms with Crippen molar-refractivity contribution in [2.24, 2.45) is 11.7 Å². The monoisotopic (exact) mass is 471 g/mol. The molecule has 24 heavy (non-hydrogen) atoms. The van der Waals surface area contributed by atoms with E-state index < -0.39 is 12.1 Å². The van der Waals surface area contributed by atoms with Gasteiger partial charge in [-0.3, -0.25) is 19.2 Å². The topological polar surface area (TPSA) is 118 Å². The van der Waals surface area contributed by atoms with Crippen LogP contribution >= 0.6 is 34.4 Å². The average Bonchev–Trinajstić information content (AvgIpc) is 2.51. The maximum absolute atomic E-state index is 11.9. The van der Waals surface area contributed by atoms with Crippen LogP contribution in [0.1, 0.15) is 33.6 Å². The Hall–Kier alpha value is -0.680. The summed E-state index contributed by atoms with van der Waals surface area (Å²) >= 11 is 2.96. The second kappa shape index (κ2) is 12.6. The molecule has 0 rings (SSSR count). The molecule has 0 aliphatic heterocycles. The highest BCUT2D eigenvalue weighted by atomic mass is 127. The minimum atomic E-state index is -0.558. The van der Waals surface area contributed by atoms with Gasteiger partial charge in [0.2, 0.25) is 15.6 Å². The summed E-state index contributed by atoms with van der Waals surface area (Å²) in [6.45, 7) is 5.48. The third-order valence-corrected chi connectivity index (χ3v) is 5.23.